The van der Waals surface area contributed by atoms with Gasteiger partial charge in [0.05, 0.1) is 18.9 Å². The van der Waals surface area contributed by atoms with Gasteiger partial charge in [-0.05, 0) is 25.1 Å². The van der Waals surface area contributed by atoms with E-state index in [1.165, 1.54) is 20.2 Å². The molecule has 1 heterocycles. The molecule has 0 bridgehead atoms. The Labute approximate surface area is 113 Å². The maximum Gasteiger partial charge on any atom is 0.435 e. The van der Waals surface area contributed by atoms with Gasteiger partial charge in [-0.1, -0.05) is 6.07 Å². The molecule has 0 aliphatic heterocycles. The fraction of sp³-hybridized carbons (Fsp3) is 0.308. The van der Waals surface area contributed by atoms with Crippen molar-refractivity contribution in [3.05, 3.63) is 41.7 Å². The number of rotatable bonds is 3. The normalized spacial score (nSPS) is 13.3. The Morgan fingerprint density at radius 2 is 2.00 bits per heavy atom. The summed E-state index contributed by atoms with van der Waals surface area (Å²) in [4.78, 5) is 0. The highest BCUT2D eigenvalue weighted by atomic mass is 19.4. The first-order valence-corrected chi connectivity index (χ1v) is 5.82. The van der Waals surface area contributed by atoms with Crippen LogP contribution in [0.5, 0.6) is 5.75 Å². The van der Waals surface area contributed by atoms with Gasteiger partial charge in [0.25, 0.3) is 0 Å². The summed E-state index contributed by atoms with van der Waals surface area (Å²) in [5, 5.41) is 13.3. The van der Waals surface area contributed by atoms with E-state index in [-0.39, 0.29) is 0 Å². The molecule has 0 radical (unpaired) electrons. The number of halogens is 3. The summed E-state index contributed by atoms with van der Waals surface area (Å²) >= 11 is 0. The van der Waals surface area contributed by atoms with E-state index >= 15 is 0 Å². The Bertz CT molecular complexity index is 606. The van der Waals surface area contributed by atoms with Crippen molar-refractivity contribution >= 4 is 0 Å². The fourth-order valence-electron chi connectivity index (χ4n) is 1.94. The Kier molecular flexibility index (Phi) is 3.71. The van der Waals surface area contributed by atoms with Crippen LogP contribution in [0, 0.1) is 0 Å². The lowest BCUT2D eigenvalue weighted by atomic mass is 10.1. The zero-order chi connectivity index (χ0) is 14.9. The molecule has 0 unspecified atom stereocenters. The number of nitrogens with zero attached hydrogens (tertiary/aromatic N) is 2. The van der Waals surface area contributed by atoms with Gasteiger partial charge in [0, 0.05) is 11.8 Å². The van der Waals surface area contributed by atoms with E-state index in [0.717, 1.165) is 10.7 Å². The maximum absolute atomic E-state index is 12.6. The lowest BCUT2D eigenvalue weighted by molar-refractivity contribution is -0.141. The molecular formula is C13H13F3N2O2. The highest BCUT2D eigenvalue weighted by Crippen LogP contribution is 2.32. The van der Waals surface area contributed by atoms with Gasteiger partial charge in [-0.25, -0.2) is 4.68 Å². The monoisotopic (exact) mass is 286 g/mol. The second-order valence-electron chi connectivity index (χ2n) is 4.21. The molecule has 108 valence electrons. The van der Waals surface area contributed by atoms with Crippen LogP contribution in [0.3, 0.4) is 0 Å². The van der Waals surface area contributed by atoms with Gasteiger partial charge in [0.1, 0.15) is 5.75 Å². The lowest BCUT2D eigenvalue weighted by Crippen LogP contribution is -2.09. The van der Waals surface area contributed by atoms with Gasteiger partial charge < -0.3 is 9.84 Å². The van der Waals surface area contributed by atoms with E-state index in [4.69, 9.17) is 4.74 Å². The largest absolute Gasteiger partial charge is 0.496 e. The predicted octanol–water partition coefficient (Wildman–Crippen LogP) is 2.95. The van der Waals surface area contributed by atoms with Gasteiger partial charge >= 0.3 is 6.18 Å². The van der Waals surface area contributed by atoms with E-state index in [1.807, 2.05) is 0 Å². The van der Waals surface area contributed by atoms with Crippen molar-refractivity contribution < 1.29 is 23.0 Å². The van der Waals surface area contributed by atoms with Crippen LogP contribution in [0.1, 0.15) is 24.3 Å². The molecular weight excluding hydrogens is 273 g/mol. The van der Waals surface area contributed by atoms with E-state index in [1.54, 1.807) is 18.2 Å². The van der Waals surface area contributed by atoms with Crippen molar-refractivity contribution in [2.45, 2.75) is 19.2 Å². The third-order valence-corrected chi connectivity index (χ3v) is 2.81. The van der Waals surface area contributed by atoms with Gasteiger partial charge in [0.15, 0.2) is 5.69 Å². The van der Waals surface area contributed by atoms with Crippen molar-refractivity contribution in [1.82, 2.24) is 9.78 Å². The average molecular weight is 286 g/mol. The molecule has 1 aromatic heterocycles. The van der Waals surface area contributed by atoms with Crippen LogP contribution >= 0.6 is 0 Å². The third-order valence-electron chi connectivity index (χ3n) is 2.81. The summed E-state index contributed by atoms with van der Waals surface area (Å²) in [5.41, 5.74) is -0.265. The minimum absolute atomic E-state index is 0.342. The molecule has 7 heteroatoms. The standard InChI is InChI=1S/C13H13F3N2O2/c1-8(19)12-9(4-3-5-10(12)20-2)18-7-6-11(17-18)13(14,15)16/h3-8,19H,1-2H3/t8-/m1/s1. The van der Waals surface area contributed by atoms with Crippen LogP contribution in [0.2, 0.25) is 0 Å². The van der Waals surface area contributed by atoms with Crippen LogP contribution in [-0.2, 0) is 6.18 Å². The first kappa shape index (κ1) is 14.4. The first-order valence-electron chi connectivity index (χ1n) is 5.82. The molecule has 20 heavy (non-hydrogen) atoms. The van der Waals surface area contributed by atoms with E-state index in [9.17, 15) is 18.3 Å². The summed E-state index contributed by atoms with van der Waals surface area (Å²) in [6.07, 6.45) is -4.21. The molecule has 0 aliphatic carbocycles. The number of benzene rings is 1. The highest BCUT2D eigenvalue weighted by molar-refractivity contribution is 5.50. The second-order valence-corrected chi connectivity index (χ2v) is 4.21. The van der Waals surface area contributed by atoms with Gasteiger partial charge in [0.2, 0.25) is 0 Å². The summed E-state index contributed by atoms with van der Waals surface area (Å²) in [6, 6.07) is 5.69. The number of aliphatic hydroxyl groups is 1. The van der Waals surface area contributed by atoms with Gasteiger partial charge in [-0.3, -0.25) is 0 Å². The smallest absolute Gasteiger partial charge is 0.435 e. The third kappa shape index (κ3) is 2.62. The highest BCUT2D eigenvalue weighted by Gasteiger charge is 2.34. The number of aromatic nitrogens is 2. The van der Waals surface area contributed by atoms with Crippen LogP contribution in [0.4, 0.5) is 13.2 Å². The molecule has 0 saturated carbocycles. The predicted molar refractivity (Wildman–Crippen MR) is 65.8 cm³/mol. The van der Waals surface area contributed by atoms with Crippen LogP contribution in [-0.4, -0.2) is 22.0 Å². The molecule has 0 saturated heterocycles. The number of methoxy groups -OCH3 is 1. The molecule has 0 spiro atoms. The van der Waals surface area contributed by atoms with Crippen molar-refractivity contribution in [2.24, 2.45) is 0 Å². The first-order chi connectivity index (χ1) is 9.34. The Balaban J connectivity index is 2.55. The Hall–Kier alpha value is -2.02. The number of hydrogen-bond acceptors (Lipinski definition) is 3. The molecule has 2 aromatic rings. The number of alkyl halides is 3. The Morgan fingerprint density at radius 1 is 1.30 bits per heavy atom. The number of ether oxygens (including phenoxy) is 1. The van der Waals surface area contributed by atoms with Gasteiger partial charge in [-0.2, -0.15) is 18.3 Å². The molecule has 1 atom stereocenters. The molecule has 1 aromatic carbocycles. The van der Waals surface area contributed by atoms with Crippen molar-refractivity contribution in [3.63, 3.8) is 0 Å². The zero-order valence-electron chi connectivity index (χ0n) is 10.8. The molecule has 1 N–H and O–H groups in total. The second kappa shape index (κ2) is 5.16. The van der Waals surface area contributed by atoms with Gasteiger partial charge in [-0.15, -0.1) is 0 Å². The lowest BCUT2D eigenvalue weighted by Gasteiger charge is -2.16. The van der Waals surface area contributed by atoms with Crippen LogP contribution < -0.4 is 4.74 Å². The molecule has 0 fully saturated rings. The SMILES string of the molecule is COc1cccc(-n2ccc(C(F)(F)F)n2)c1[C@@H](C)O. The van der Waals surface area contributed by atoms with Crippen molar-refractivity contribution in [3.8, 4) is 11.4 Å². The fourth-order valence-corrected chi connectivity index (χ4v) is 1.94. The summed E-state index contributed by atoms with van der Waals surface area (Å²) < 4.78 is 43.9. The quantitative estimate of drug-likeness (QED) is 0.943. The van der Waals surface area contributed by atoms with Crippen LogP contribution in [0.25, 0.3) is 5.69 Å². The Morgan fingerprint density at radius 3 is 2.50 bits per heavy atom. The average Bonchev–Trinajstić information content (AvgIpc) is 2.86. The van der Waals surface area contributed by atoms with Crippen LogP contribution in [0.15, 0.2) is 30.5 Å². The molecule has 2 rings (SSSR count). The zero-order valence-corrected chi connectivity index (χ0v) is 10.8. The van der Waals surface area contributed by atoms with E-state index in [2.05, 4.69) is 5.10 Å². The van der Waals surface area contributed by atoms with E-state index in [0.29, 0.717) is 17.0 Å². The summed E-state index contributed by atoms with van der Waals surface area (Å²) in [7, 11) is 1.43. The molecule has 0 amide bonds. The minimum Gasteiger partial charge on any atom is -0.496 e. The number of hydrogen-bond donors (Lipinski definition) is 1. The molecule has 4 nitrogen and oxygen atoms in total. The van der Waals surface area contributed by atoms with Crippen molar-refractivity contribution in [2.75, 3.05) is 7.11 Å². The summed E-state index contributed by atoms with van der Waals surface area (Å²) in [6.45, 7) is 1.51. The number of aliphatic hydroxyl groups excluding tert-OH is 1. The maximum atomic E-state index is 12.6. The topological polar surface area (TPSA) is 47.3 Å². The van der Waals surface area contributed by atoms with E-state index < -0.39 is 18.0 Å². The van der Waals surface area contributed by atoms with Crippen molar-refractivity contribution in [1.29, 1.82) is 0 Å². The minimum atomic E-state index is -4.50. The summed E-state index contributed by atoms with van der Waals surface area (Å²) in [5.74, 6) is 0.390. The molecule has 0 aliphatic rings.